The van der Waals surface area contributed by atoms with Crippen molar-refractivity contribution in [2.24, 2.45) is 47.3 Å². The summed E-state index contributed by atoms with van der Waals surface area (Å²) in [5, 5.41) is 0. The number of Topliss-reactive ketones (excluding diaryl/α,β-unsaturated/α-hetero) is 2. The third kappa shape index (κ3) is 29.2. The number of ether oxygens (including phenoxy) is 4. The molecule has 4 aliphatic heterocycles. The van der Waals surface area contributed by atoms with E-state index in [2.05, 4.69) is 107 Å². The number of likely N-dealkylation sites (tertiary alicyclic amines) is 2. The molecule has 6 atom stereocenters. The van der Waals surface area contributed by atoms with Crippen molar-refractivity contribution in [3.63, 3.8) is 0 Å². The number of hydrogen-bond donors (Lipinski definition) is 0. The number of nitrogens with zero attached hydrogens (tertiary/aromatic N) is 2. The molecule has 6 unspecified atom stereocenters. The Bertz CT molecular complexity index is 2560. The molecule has 558 valence electrons. The molecule has 0 spiro atoms. The molecule has 4 heterocycles. The fourth-order valence-corrected chi connectivity index (χ4v) is 18.6. The number of carbonyl (C=O) groups excluding carboxylic acids is 4. The quantitative estimate of drug-likeness (QED) is 0.0272. The summed E-state index contributed by atoms with van der Waals surface area (Å²) in [5.74, 6) is 11.4. The van der Waals surface area contributed by atoms with Gasteiger partial charge in [0.25, 0.3) is 0 Å². The largest absolute Gasteiger partial charge is 0.487 e. The Morgan fingerprint density at radius 1 is 0.429 bits per heavy atom. The van der Waals surface area contributed by atoms with E-state index in [1.54, 1.807) is 0 Å². The summed E-state index contributed by atoms with van der Waals surface area (Å²) in [4.78, 5) is 57.8. The Morgan fingerprint density at radius 2 is 0.755 bits per heavy atom. The number of esters is 2. The molecular weight excluding hydrogens is 1250 g/mol. The molecule has 0 N–H and O–H groups in total. The minimum absolute atomic E-state index is 0.120. The first-order chi connectivity index (χ1) is 46.7. The van der Waals surface area contributed by atoms with Crippen LogP contribution in [0, 0.1) is 88.9 Å². The van der Waals surface area contributed by atoms with Gasteiger partial charge in [-0.3, -0.25) is 19.2 Å². The average molecular weight is 1400 g/mol. The van der Waals surface area contributed by atoms with Crippen molar-refractivity contribution in [2.75, 3.05) is 50.8 Å². The van der Waals surface area contributed by atoms with Crippen molar-refractivity contribution in [1.29, 1.82) is 0 Å². The van der Waals surface area contributed by atoms with Crippen LogP contribution in [0.2, 0.25) is 0 Å². The van der Waals surface area contributed by atoms with Gasteiger partial charge in [-0.2, -0.15) is 0 Å². The van der Waals surface area contributed by atoms with E-state index in [0.717, 1.165) is 195 Å². The number of carbonyl (C=O) groups is 4. The lowest BCUT2D eigenvalue weighted by Crippen LogP contribution is -2.37. The maximum absolute atomic E-state index is 13.2. The van der Waals surface area contributed by atoms with E-state index in [0.29, 0.717) is 36.2 Å². The van der Waals surface area contributed by atoms with Gasteiger partial charge in [0.2, 0.25) is 0 Å². The fourth-order valence-electron chi connectivity index (χ4n) is 16.5. The second-order valence-electron chi connectivity index (χ2n) is 33.9. The molecule has 0 aliphatic carbocycles. The van der Waals surface area contributed by atoms with Crippen LogP contribution >= 0.6 is 21.6 Å². The van der Waals surface area contributed by atoms with Crippen molar-refractivity contribution < 1.29 is 38.1 Å². The third-order valence-electron chi connectivity index (χ3n) is 23.9. The van der Waals surface area contributed by atoms with Crippen LogP contribution < -0.4 is 18.9 Å². The van der Waals surface area contributed by atoms with Crippen molar-refractivity contribution in [3.8, 4) is 23.0 Å². The molecule has 2 saturated heterocycles. The van der Waals surface area contributed by atoms with E-state index < -0.39 is 0 Å². The molecule has 2 aromatic rings. The first-order valence-corrected chi connectivity index (χ1v) is 43.0. The van der Waals surface area contributed by atoms with Crippen molar-refractivity contribution >= 4 is 45.1 Å². The first-order valence-electron chi connectivity index (χ1n) is 40.5. The SMILES string of the molecule is Cc1c(C)c2c(c(C)c1OC(=O)CCC(=O)CCCC1CCN(CCSSCCN3CCC(CCCC(=O)CCC(=O)Oc4c(C)c(C)c5c(c4C)CCC(C)(CCCC(C)CCCC(C)CCCC(C)C)O5)CC3)CC1)CCC(C)(CCCC(C)CCCC(C)CCCC(C)C)O2. The van der Waals surface area contributed by atoms with Crippen LogP contribution in [0.4, 0.5) is 0 Å². The van der Waals surface area contributed by atoms with E-state index in [4.69, 9.17) is 18.9 Å². The summed E-state index contributed by atoms with van der Waals surface area (Å²) in [6, 6.07) is 0. The first kappa shape index (κ1) is 83.9. The number of hydrogen-bond acceptors (Lipinski definition) is 12. The number of ketones is 2. The van der Waals surface area contributed by atoms with Crippen LogP contribution in [0.1, 0.15) is 332 Å². The van der Waals surface area contributed by atoms with Gasteiger partial charge in [-0.1, -0.05) is 167 Å². The van der Waals surface area contributed by atoms with Gasteiger partial charge < -0.3 is 28.7 Å². The monoisotopic (exact) mass is 1400 g/mol. The van der Waals surface area contributed by atoms with Gasteiger partial charge in [-0.05, 0) is 265 Å². The summed E-state index contributed by atoms with van der Waals surface area (Å²) < 4.78 is 25.9. The number of fused-ring (bicyclic) bond motifs is 2. The lowest BCUT2D eigenvalue weighted by Gasteiger charge is -2.38. The molecule has 0 bridgehead atoms. The van der Waals surface area contributed by atoms with Crippen LogP contribution in [-0.2, 0) is 32.0 Å². The van der Waals surface area contributed by atoms with Crippen LogP contribution in [0.3, 0.4) is 0 Å². The third-order valence-corrected chi connectivity index (χ3v) is 26.3. The second-order valence-corrected chi connectivity index (χ2v) is 36.6. The highest BCUT2D eigenvalue weighted by Gasteiger charge is 2.37. The minimum atomic E-state index is -0.321. The van der Waals surface area contributed by atoms with Gasteiger partial charge in [0.15, 0.2) is 0 Å². The highest BCUT2D eigenvalue weighted by Crippen LogP contribution is 2.47. The number of benzene rings is 2. The van der Waals surface area contributed by atoms with Crippen LogP contribution in [0.15, 0.2) is 0 Å². The van der Waals surface area contributed by atoms with E-state index >= 15 is 0 Å². The molecular formula is C86H144N2O8S2. The predicted octanol–water partition coefficient (Wildman–Crippen LogP) is 22.9. The van der Waals surface area contributed by atoms with Crippen LogP contribution in [0.5, 0.6) is 23.0 Å². The molecule has 2 aromatic carbocycles. The van der Waals surface area contributed by atoms with Gasteiger partial charge in [-0.25, -0.2) is 0 Å². The molecule has 0 saturated carbocycles. The highest BCUT2D eigenvalue weighted by atomic mass is 33.1. The number of piperidine rings is 2. The Morgan fingerprint density at radius 3 is 1.09 bits per heavy atom. The summed E-state index contributed by atoms with van der Waals surface area (Å²) in [6.45, 7) is 42.9. The Balaban J connectivity index is 0.740. The lowest BCUT2D eigenvalue weighted by atomic mass is 9.83. The van der Waals surface area contributed by atoms with Crippen molar-refractivity contribution in [2.45, 2.75) is 353 Å². The summed E-state index contributed by atoms with van der Waals surface area (Å²) in [6.07, 6.45) is 37.5. The van der Waals surface area contributed by atoms with E-state index in [1.807, 2.05) is 35.4 Å². The molecule has 0 amide bonds. The zero-order valence-corrected chi connectivity index (χ0v) is 67.3. The lowest BCUT2D eigenvalue weighted by molar-refractivity contribution is -0.136. The average Bonchev–Trinajstić information content (AvgIpc) is 0.767. The Labute approximate surface area is 608 Å². The molecule has 98 heavy (non-hydrogen) atoms. The van der Waals surface area contributed by atoms with E-state index in [-0.39, 0.29) is 60.4 Å². The summed E-state index contributed by atoms with van der Waals surface area (Å²) in [7, 11) is 4.02. The van der Waals surface area contributed by atoms with Crippen LogP contribution in [-0.4, -0.2) is 95.3 Å². The van der Waals surface area contributed by atoms with Gasteiger partial charge >= 0.3 is 11.9 Å². The Kier molecular flexibility index (Phi) is 37.0. The zero-order valence-electron chi connectivity index (χ0n) is 65.7. The smallest absolute Gasteiger partial charge is 0.311 e. The van der Waals surface area contributed by atoms with Crippen molar-refractivity contribution in [1.82, 2.24) is 9.80 Å². The second kappa shape index (κ2) is 43.3. The van der Waals surface area contributed by atoms with Crippen molar-refractivity contribution in [3.05, 3.63) is 44.5 Å². The van der Waals surface area contributed by atoms with Gasteiger partial charge in [0.1, 0.15) is 45.8 Å². The molecule has 12 heteroatoms. The molecule has 10 nitrogen and oxygen atoms in total. The maximum atomic E-state index is 13.2. The van der Waals surface area contributed by atoms with E-state index in [9.17, 15) is 19.2 Å². The summed E-state index contributed by atoms with van der Waals surface area (Å²) in [5.41, 5.74) is 8.00. The Hall–Kier alpha value is -3.06. The number of rotatable bonds is 47. The maximum Gasteiger partial charge on any atom is 0.311 e. The van der Waals surface area contributed by atoms with E-state index in [1.165, 1.54) is 140 Å². The zero-order chi connectivity index (χ0) is 71.4. The van der Waals surface area contributed by atoms with Gasteiger partial charge in [0.05, 0.1) is 12.8 Å². The molecule has 0 aromatic heterocycles. The normalized spacial score (nSPS) is 20.0. The molecule has 2 fully saturated rings. The van der Waals surface area contributed by atoms with Gasteiger partial charge in [-0.15, -0.1) is 0 Å². The molecule has 6 rings (SSSR count). The standard InChI is InChI=1S/C86H144N2O8S2/c1-61(2)25-17-27-63(5)29-19-31-65(7)33-23-49-85(15)51-43-77-71(13)81(67(9)69(11)83(77)95-85)93-79(91)41-39-75(89)37-21-35-73-45-53-87(54-46-73)57-59-97-98-60-58-88-55-47-74(48-56-88)36-22-38-76(90)40-42-80(92)94-82-68(10)70(12)84-78(72(82)14)44-52-86(16,96-84)50-24-34-66(8)32-20-30-64(6)28-18-26-62(3)4/h61-66,73-74H,17-60H2,1-16H3. The highest BCUT2D eigenvalue weighted by molar-refractivity contribution is 8.76. The van der Waals surface area contributed by atoms with Gasteiger partial charge in [0, 0.05) is 61.4 Å². The molecule has 0 radical (unpaired) electrons. The summed E-state index contributed by atoms with van der Waals surface area (Å²) >= 11 is 0. The topological polar surface area (TPSA) is 112 Å². The fraction of sp³-hybridized carbons (Fsp3) is 0.814. The molecule has 4 aliphatic rings. The van der Waals surface area contributed by atoms with Crippen LogP contribution in [0.25, 0.3) is 0 Å². The predicted molar refractivity (Wildman–Crippen MR) is 416 cm³/mol. The minimum Gasteiger partial charge on any atom is -0.487 e.